The van der Waals surface area contributed by atoms with Crippen LogP contribution in [0.15, 0.2) is 54.7 Å². The van der Waals surface area contributed by atoms with Crippen molar-refractivity contribution in [2.75, 3.05) is 32.6 Å². The Morgan fingerprint density at radius 3 is 2.68 bits per heavy atom. The molecule has 0 aliphatic carbocycles. The van der Waals surface area contributed by atoms with Crippen molar-refractivity contribution in [2.24, 2.45) is 0 Å². The van der Waals surface area contributed by atoms with Crippen LogP contribution in [-0.4, -0.2) is 55.1 Å². The quantitative estimate of drug-likeness (QED) is 0.525. The first-order valence-corrected chi connectivity index (χ1v) is 11.3. The van der Waals surface area contributed by atoms with Crippen molar-refractivity contribution in [2.45, 2.75) is 12.7 Å². The molecule has 3 aromatic rings. The molecule has 0 bridgehead atoms. The van der Waals surface area contributed by atoms with E-state index < -0.39 is 10.0 Å². The molecule has 0 spiro atoms. The number of aliphatic hydroxyl groups excluding tert-OH is 1. The fourth-order valence-electron chi connectivity index (χ4n) is 3.08. The molecule has 1 heterocycles. The Balaban J connectivity index is 1.85. The number of benzene rings is 2. The lowest BCUT2D eigenvalue weighted by Crippen LogP contribution is -2.30. The van der Waals surface area contributed by atoms with Gasteiger partial charge in [0.25, 0.3) is 0 Å². The molecule has 0 aliphatic heterocycles. The third-order valence-electron chi connectivity index (χ3n) is 4.76. The van der Waals surface area contributed by atoms with E-state index in [1.807, 2.05) is 37.3 Å². The third-order valence-corrected chi connectivity index (χ3v) is 6.59. The zero-order valence-corrected chi connectivity index (χ0v) is 18.6. The Labute approximate surface area is 182 Å². The molecule has 0 fully saturated rings. The number of nitrogens with zero attached hydrogens (tertiary/aromatic N) is 3. The van der Waals surface area contributed by atoms with Gasteiger partial charge in [0.15, 0.2) is 0 Å². The standard InChI is InChI=1S/C22H26N4O4S/c1-16-14-23-22(25-21(16)19-9-4-5-10-20(19)30-3)24-18-8-6-7-17(13-18)15-31(28,29)26(2)11-12-27/h4-10,13-14,27H,11-12,15H2,1-3H3,(H,23,24,25). The summed E-state index contributed by atoms with van der Waals surface area (Å²) in [5.41, 5.74) is 3.81. The summed E-state index contributed by atoms with van der Waals surface area (Å²) in [5, 5.41) is 12.1. The van der Waals surface area contributed by atoms with Crippen LogP contribution in [0.2, 0.25) is 0 Å². The third kappa shape index (κ3) is 5.57. The van der Waals surface area contributed by atoms with Gasteiger partial charge in [0, 0.05) is 31.0 Å². The van der Waals surface area contributed by atoms with Gasteiger partial charge in [0.05, 0.1) is 25.2 Å². The number of aromatic nitrogens is 2. The number of aliphatic hydroxyl groups is 1. The molecule has 3 rings (SSSR count). The summed E-state index contributed by atoms with van der Waals surface area (Å²) in [6, 6.07) is 14.7. The van der Waals surface area contributed by atoms with Gasteiger partial charge < -0.3 is 15.2 Å². The van der Waals surface area contributed by atoms with Crippen molar-refractivity contribution in [1.29, 1.82) is 0 Å². The summed E-state index contributed by atoms with van der Waals surface area (Å²) in [5.74, 6) is 0.943. The second kappa shape index (κ2) is 9.86. The number of nitrogens with one attached hydrogen (secondary N) is 1. The molecule has 0 atom stereocenters. The number of sulfonamides is 1. The largest absolute Gasteiger partial charge is 0.496 e. The topological polar surface area (TPSA) is 105 Å². The zero-order valence-electron chi connectivity index (χ0n) is 17.7. The second-order valence-electron chi connectivity index (χ2n) is 7.05. The molecule has 0 saturated heterocycles. The fourth-order valence-corrected chi connectivity index (χ4v) is 4.26. The number of hydrogen-bond donors (Lipinski definition) is 2. The summed E-state index contributed by atoms with van der Waals surface area (Å²) in [7, 11) is -0.452. The fraction of sp³-hybridized carbons (Fsp3) is 0.273. The molecule has 1 aromatic heterocycles. The number of hydrogen-bond acceptors (Lipinski definition) is 7. The van der Waals surface area contributed by atoms with E-state index in [2.05, 4.69) is 15.3 Å². The molecule has 0 radical (unpaired) electrons. The highest BCUT2D eigenvalue weighted by atomic mass is 32.2. The Kier molecular flexibility index (Phi) is 7.21. The number of aryl methyl sites for hydroxylation is 1. The van der Waals surface area contributed by atoms with Crippen molar-refractivity contribution in [3.63, 3.8) is 0 Å². The molecule has 0 unspecified atom stereocenters. The Bertz CT molecular complexity index is 1150. The molecule has 8 nitrogen and oxygen atoms in total. The van der Waals surface area contributed by atoms with Crippen LogP contribution in [0.3, 0.4) is 0 Å². The minimum atomic E-state index is -3.52. The van der Waals surface area contributed by atoms with E-state index in [4.69, 9.17) is 9.84 Å². The average Bonchev–Trinajstić information content (AvgIpc) is 2.75. The smallest absolute Gasteiger partial charge is 0.227 e. The van der Waals surface area contributed by atoms with E-state index in [1.54, 1.807) is 31.5 Å². The van der Waals surface area contributed by atoms with Crippen LogP contribution in [-0.2, 0) is 15.8 Å². The minimum absolute atomic E-state index is 0.0587. The number of ether oxygens (including phenoxy) is 1. The monoisotopic (exact) mass is 442 g/mol. The van der Waals surface area contributed by atoms with Crippen molar-refractivity contribution in [1.82, 2.24) is 14.3 Å². The first-order valence-electron chi connectivity index (χ1n) is 9.72. The number of likely N-dealkylation sites (N-methyl/N-ethyl adjacent to an activating group) is 1. The van der Waals surface area contributed by atoms with E-state index in [1.165, 1.54) is 7.05 Å². The van der Waals surface area contributed by atoms with Crippen LogP contribution in [0.1, 0.15) is 11.1 Å². The number of methoxy groups -OCH3 is 1. The predicted octanol–water partition coefficient (Wildman–Crippen LogP) is 2.96. The van der Waals surface area contributed by atoms with Gasteiger partial charge in [0.1, 0.15) is 5.75 Å². The lowest BCUT2D eigenvalue weighted by Gasteiger charge is -2.16. The number of anilines is 2. The highest BCUT2D eigenvalue weighted by Gasteiger charge is 2.18. The summed E-state index contributed by atoms with van der Waals surface area (Å²) in [4.78, 5) is 9.00. The van der Waals surface area contributed by atoms with E-state index in [-0.39, 0.29) is 18.9 Å². The van der Waals surface area contributed by atoms with Gasteiger partial charge in [-0.05, 0) is 42.3 Å². The Morgan fingerprint density at radius 2 is 1.94 bits per heavy atom. The molecule has 164 valence electrons. The van der Waals surface area contributed by atoms with Crippen LogP contribution >= 0.6 is 0 Å². The number of para-hydroxylation sites is 1. The summed E-state index contributed by atoms with van der Waals surface area (Å²) in [6.45, 7) is 1.76. The Hall–Kier alpha value is -3.01. The molecule has 0 saturated carbocycles. The van der Waals surface area contributed by atoms with Crippen molar-refractivity contribution >= 4 is 21.7 Å². The maximum atomic E-state index is 12.4. The minimum Gasteiger partial charge on any atom is -0.496 e. The number of rotatable bonds is 9. The SMILES string of the molecule is COc1ccccc1-c1nc(Nc2cccc(CS(=O)(=O)N(C)CCO)c2)ncc1C. The van der Waals surface area contributed by atoms with Gasteiger partial charge in [-0.15, -0.1) is 0 Å². The first kappa shape index (κ1) is 22.7. The molecule has 0 amide bonds. The molecule has 0 aliphatic rings. The highest BCUT2D eigenvalue weighted by Crippen LogP contribution is 2.31. The average molecular weight is 443 g/mol. The van der Waals surface area contributed by atoms with Gasteiger partial charge in [-0.1, -0.05) is 24.3 Å². The van der Waals surface area contributed by atoms with Gasteiger partial charge >= 0.3 is 0 Å². The summed E-state index contributed by atoms with van der Waals surface area (Å²) >= 11 is 0. The van der Waals surface area contributed by atoms with Crippen molar-refractivity contribution in [3.05, 3.63) is 65.9 Å². The molecule has 2 N–H and O–H groups in total. The van der Waals surface area contributed by atoms with Crippen LogP contribution in [0.25, 0.3) is 11.3 Å². The maximum Gasteiger partial charge on any atom is 0.227 e. The molecule has 2 aromatic carbocycles. The van der Waals surface area contributed by atoms with Gasteiger partial charge in [-0.3, -0.25) is 0 Å². The van der Waals surface area contributed by atoms with Crippen LogP contribution in [0.4, 0.5) is 11.6 Å². The Morgan fingerprint density at radius 1 is 1.16 bits per heavy atom. The van der Waals surface area contributed by atoms with E-state index in [9.17, 15) is 8.42 Å². The highest BCUT2D eigenvalue weighted by molar-refractivity contribution is 7.88. The van der Waals surface area contributed by atoms with Gasteiger partial charge in [-0.2, -0.15) is 0 Å². The van der Waals surface area contributed by atoms with E-state index in [0.29, 0.717) is 17.2 Å². The summed E-state index contributed by atoms with van der Waals surface area (Å²) < 4.78 is 31.4. The molecular weight excluding hydrogens is 416 g/mol. The van der Waals surface area contributed by atoms with Crippen molar-refractivity contribution in [3.8, 4) is 17.0 Å². The first-order chi connectivity index (χ1) is 14.8. The van der Waals surface area contributed by atoms with Crippen LogP contribution in [0, 0.1) is 6.92 Å². The lowest BCUT2D eigenvalue weighted by atomic mass is 10.1. The lowest BCUT2D eigenvalue weighted by molar-refractivity contribution is 0.266. The zero-order chi connectivity index (χ0) is 22.4. The summed E-state index contributed by atoms with van der Waals surface area (Å²) in [6.07, 6.45) is 1.73. The molecule has 31 heavy (non-hydrogen) atoms. The molecule has 9 heteroatoms. The molecular formula is C22H26N4O4S. The van der Waals surface area contributed by atoms with E-state index in [0.717, 1.165) is 26.9 Å². The normalized spacial score (nSPS) is 11.5. The van der Waals surface area contributed by atoms with Crippen LogP contribution < -0.4 is 10.1 Å². The maximum absolute atomic E-state index is 12.4. The second-order valence-corrected chi connectivity index (χ2v) is 9.13. The van der Waals surface area contributed by atoms with Crippen LogP contribution in [0.5, 0.6) is 5.75 Å². The van der Waals surface area contributed by atoms with Gasteiger partial charge in [0.2, 0.25) is 16.0 Å². The van der Waals surface area contributed by atoms with Crippen molar-refractivity contribution < 1.29 is 18.3 Å². The van der Waals surface area contributed by atoms with Gasteiger partial charge in [-0.25, -0.2) is 22.7 Å². The predicted molar refractivity (Wildman–Crippen MR) is 121 cm³/mol. The van der Waals surface area contributed by atoms with E-state index >= 15 is 0 Å².